The molecule has 4 atom stereocenters. The van der Waals surface area contributed by atoms with E-state index in [9.17, 15) is 4.79 Å². The number of benzene rings is 1. The molecular formula is C17H19NO3. The first-order valence-electron chi connectivity index (χ1n) is 7.69. The number of carbonyl (C=O) groups is 1. The maximum atomic E-state index is 12.4. The van der Waals surface area contributed by atoms with Crippen LogP contribution in [0.3, 0.4) is 0 Å². The SMILES string of the molecule is COC(=O)[C@]12ON=C(c3ccccc3)[C@H]1[C@@H]1CCCC[C@@H]12. The van der Waals surface area contributed by atoms with E-state index in [-0.39, 0.29) is 17.8 Å². The number of hydrogen-bond donors (Lipinski definition) is 0. The molecule has 21 heavy (non-hydrogen) atoms. The zero-order valence-electron chi connectivity index (χ0n) is 12.1. The van der Waals surface area contributed by atoms with Crippen molar-refractivity contribution in [1.29, 1.82) is 0 Å². The van der Waals surface area contributed by atoms with Crippen LogP contribution in [0.1, 0.15) is 31.2 Å². The van der Waals surface area contributed by atoms with Crippen LogP contribution in [0.25, 0.3) is 0 Å². The Morgan fingerprint density at radius 1 is 1.29 bits per heavy atom. The average molecular weight is 285 g/mol. The van der Waals surface area contributed by atoms with Crippen LogP contribution in [0, 0.1) is 17.8 Å². The highest BCUT2D eigenvalue weighted by Gasteiger charge is 2.73. The van der Waals surface area contributed by atoms with Crippen molar-refractivity contribution in [2.45, 2.75) is 31.3 Å². The topological polar surface area (TPSA) is 47.9 Å². The molecule has 1 aliphatic heterocycles. The predicted octanol–water partition coefficient (Wildman–Crippen LogP) is 2.77. The molecule has 4 rings (SSSR count). The van der Waals surface area contributed by atoms with Gasteiger partial charge in [-0.25, -0.2) is 4.79 Å². The summed E-state index contributed by atoms with van der Waals surface area (Å²) < 4.78 is 5.05. The third-order valence-corrected chi connectivity index (χ3v) is 5.42. The van der Waals surface area contributed by atoms with Crippen LogP contribution in [0.5, 0.6) is 0 Å². The van der Waals surface area contributed by atoms with Crippen molar-refractivity contribution in [1.82, 2.24) is 0 Å². The van der Waals surface area contributed by atoms with Gasteiger partial charge in [0.2, 0.25) is 5.60 Å². The molecule has 0 N–H and O–H groups in total. The molecule has 4 nitrogen and oxygen atoms in total. The van der Waals surface area contributed by atoms with Gasteiger partial charge in [0.25, 0.3) is 0 Å². The molecule has 0 saturated heterocycles. The van der Waals surface area contributed by atoms with Gasteiger partial charge in [0, 0.05) is 5.92 Å². The normalized spacial score (nSPS) is 36.6. The van der Waals surface area contributed by atoms with E-state index < -0.39 is 5.60 Å². The molecular weight excluding hydrogens is 266 g/mol. The number of carbonyl (C=O) groups excluding carboxylic acids is 1. The lowest BCUT2D eigenvalue weighted by molar-refractivity contribution is -0.222. The molecule has 2 aliphatic carbocycles. The Hall–Kier alpha value is -1.84. The number of rotatable bonds is 2. The average Bonchev–Trinajstić information content (AvgIpc) is 2.89. The van der Waals surface area contributed by atoms with Gasteiger partial charge in [0.05, 0.1) is 18.7 Å². The third kappa shape index (κ3) is 1.56. The largest absolute Gasteiger partial charge is 0.466 e. The van der Waals surface area contributed by atoms with E-state index in [1.807, 2.05) is 30.3 Å². The van der Waals surface area contributed by atoms with Crippen molar-refractivity contribution in [3.8, 4) is 0 Å². The van der Waals surface area contributed by atoms with Crippen LogP contribution < -0.4 is 0 Å². The Morgan fingerprint density at radius 2 is 2.05 bits per heavy atom. The Morgan fingerprint density at radius 3 is 2.81 bits per heavy atom. The number of oxime groups is 1. The minimum absolute atomic E-state index is 0.0534. The van der Waals surface area contributed by atoms with Crippen LogP contribution in [0.4, 0.5) is 0 Å². The van der Waals surface area contributed by atoms with E-state index in [4.69, 9.17) is 9.57 Å². The molecule has 4 heteroatoms. The highest BCUT2D eigenvalue weighted by molar-refractivity contribution is 6.08. The van der Waals surface area contributed by atoms with Crippen LogP contribution >= 0.6 is 0 Å². The maximum Gasteiger partial charge on any atom is 0.354 e. The molecule has 2 saturated carbocycles. The van der Waals surface area contributed by atoms with Crippen molar-refractivity contribution in [2.24, 2.45) is 22.9 Å². The minimum atomic E-state index is -0.856. The summed E-state index contributed by atoms with van der Waals surface area (Å²) in [4.78, 5) is 18.2. The second kappa shape index (κ2) is 4.58. The van der Waals surface area contributed by atoms with Crippen LogP contribution in [-0.2, 0) is 14.4 Å². The fourth-order valence-electron chi connectivity index (χ4n) is 4.55. The van der Waals surface area contributed by atoms with E-state index in [0.717, 1.165) is 30.5 Å². The van der Waals surface area contributed by atoms with Gasteiger partial charge in [0.15, 0.2) is 0 Å². The summed E-state index contributed by atoms with van der Waals surface area (Å²) in [5.41, 5.74) is 1.12. The molecule has 0 amide bonds. The molecule has 0 aromatic heterocycles. The van der Waals surface area contributed by atoms with E-state index >= 15 is 0 Å². The van der Waals surface area contributed by atoms with E-state index in [0.29, 0.717) is 5.92 Å². The minimum Gasteiger partial charge on any atom is -0.466 e. The summed E-state index contributed by atoms with van der Waals surface area (Å²) in [7, 11) is 1.44. The zero-order chi connectivity index (χ0) is 14.4. The van der Waals surface area contributed by atoms with E-state index in [1.54, 1.807) is 0 Å². The lowest BCUT2D eigenvalue weighted by Gasteiger charge is -2.55. The second-order valence-electron chi connectivity index (χ2n) is 6.25. The van der Waals surface area contributed by atoms with Gasteiger partial charge in [-0.05, 0) is 24.3 Å². The fraction of sp³-hybridized carbons (Fsp3) is 0.529. The lowest BCUT2D eigenvalue weighted by Crippen LogP contribution is -2.68. The number of methoxy groups -OCH3 is 1. The number of fused-ring (bicyclic) bond motifs is 4. The highest BCUT2D eigenvalue weighted by Crippen LogP contribution is 2.62. The summed E-state index contributed by atoms with van der Waals surface area (Å²) in [6, 6.07) is 10.0. The first-order valence-corrected chi connectivity index (χ1v) is 7.69. The van der Waals surface area contributed by atoms with Crippen molar-refractivity contribution < 1.29 is 14.4 Å². The van der Waals surface area contributed by atoms with Gasteiger partial charge in [-0.3, -0.25) is 0 Å². The molecule has 0 bridgehead atoms. The number of nitrogens with zero attached hydrogens (tertiary/aromatic N) is 1. The van der Waals surface area contributed by atoms with E-state index in [1.165, 1.54) is 13.5 Å². The molecule has 110 valence electrons. The standard InChI is InChI=1S/C17H19NO3/c1-20-16(19)17-13-10-6-5-9-12(13)14(17)15(18-21-17)11-7-3-2-4-8-11/h2-4,7-8,12-14H,5-6,9-10H2,1H3/t12-,13+,14-,17-/m1/s1. The monoisotopic (exact) mass is 285 g/mol. The Labute approximate surface area is 124 Å². The third-order valence-electron chi connectivity index (χ3n) is 5.42. The molecule has 0 unspecified atom stereocenters. The summed E-state index contributed by atoms with van der Waals surface area (Å²) in [5.74, 6) is 0.552. The summed E-state index contributed by atoms with van der Waals surface area (Å²) >= 11 is 0. The van der Waals surface area contributed by atoms with Crippen molar-refractivity contribution >= 4 is 11.7 Å². The van der Waals surface area contributed by atoms with Gasteiger partial charge < -0.3 is 9.57 Å². The van der Waals surface area contributed by atoms with Crippen molar-refractivity contribution in [3.05, 3.63) is 35.9 Å². The Bertz CT molecular complexity index is 597. The second-order valence-corrected chi connectivity index (χ2v) is 6.25. The summed E-state index contributed by atoms with van der Waals surface area (Å²) in [6.07, 6.45) is 4.59. The molecule has 1 heterocycles. The van der Waals surface area contributed by atoms with Gasteiger partial charge in [0.1, 0.15) is 0 Å². The van der Waals surface area contributed by atoms with E-state index in [2.05, 4.69) is 5.16 Å². The number of hydrogen-bond acceptors (Lipinski definition) is 4. The number of esters is 1. The van der Waals surface area contributed by atoms with Crippen LogP contribution in [-0.4, -0.2) is 24.4 Å². The molecule has 1 aromatic carbocycles. The van der Waals surface area contributed by atoms with Gasteiger partial charge in [-0.15, -0.1) is 0 Å². The van der Waals surface area contributed by atoms with Gasteiger partial charge in [-0.1, -0.05) is 48.3 Å². The van der Waals surface area contributed by atoms with Gasteiger partial charge in [-0.2, -0.15) is 0 Å². The van der Waals surface area contributed by atoms with Crippen LogP contribution in [0.2, 0.25) is 0 Å². The summed E-state index contributed by atoms with van der Waals surface area (Å²) in [6.45, 7) is 0. The summed E-state index contributed by atoms with van der Waals surface area (Å²) in [5, 5.41) is 4.31. The first kappa shape index (κ1) is 12.9. The molecule has 0 spiro atoms. The molecule has 2 fully saturated rings. The lowest BCUT2D eigenvalue weighted by atomic mass is 9.47. The maximum absolute atomic E-state index is 12.4. The smallest absolute Gasteiger partial charge is 0.354 e. The highest BCUT2D eigenvalue weighted by atomic mass is 16.7. The van der Waals surface area contributed by atoms with Crippen molar-refractivity contribution in [3.63, 3.8) is 0 Å². The van der Waals surface area contributed by atoms with Crippen molar-refractivity contribution in [2.75, 3.05) is 7.11 Å². The molecule has 3 aliphatic rings. The first-order chi connectivity index (χ1) is 10.3. The predicted molar refractivity (Wildman–Crippen MR) is 77.7 cm³/mol. The Kier molecular flexibility index (Phi) is 2.81. The molecule has 1 aromatic rings. The molecule has 0 radical (unpaired) electrons. The Balaban J connectivity index is 1.73. The zero-order valence-corrected chi connectivity index (χ0v) is 12.1. The number of ether oxygens (including phenoxy) is 1. The van der Waals surface area contributed by atoms with Crippen LogP contribution in [0.15, 0.2) is 35.5 Å². The fourth-order valence-corrected chi connectivity index (χ4v) is 4.55. The quantitative estimate of drug-likeness (QED) is 0.785. The van der Waals surface area contributed by atoms with Gasteiger partial charge >= 0.3 is 5.97 Å².